The van der Waals surface area contributed by atoms with Crippen molar-refractivity contribution in [1.29, 1.82) is 0 Å². The van der Waals surface area contributed by atoms with Crippen LogP contribution in [0.1, 0.15) is 30.0 Å². The number of piperidine rings is 1. The first-order chi connectivity index (χ1) is 15.2. The molecule has 1 aliphatic rings. The molecule has 0 radical (unpaired) electrons. The number of rotatable bonds is 5. The Labute approximate surface area is 184 Å². The number of nitrogens with zero attached hydrogens (tertiary/aromatic N) is 3. The van der Waals surface area contributed by atoms with Gasteiger partial charge in [0, 0.05) is 48.0 Å². The highest BCUT2D eigenvalue weighted by Crippen LogP contribution is 2.34. The third kappa shape index (κ3) is 4.24. The lowest BCUT2D eigenvalue weighted by atomic mass is 9.96. The van der Waals surface area contributed by atoms with Gasteiger partial charge in [0.05, 0.1) is 16.9 Å². The van der Waals surface area contributed by atoms with Gasteiger partial charge in [-0.3, -0.25) is 4.98 Å². The molecule has 0 spiro atoms. The summed E-state index contributed by atoms with van der Waals surface area (Å²) in [6, 6.07) is 9.19. The van der Waals surface area contributed by atoms with Crippen molar-refractivity contribution in [2.45, 2.75) is 25.3 Å². The van der Waals surface area contributed by atoms with Crippen LogP contribution in [0.5, 0.6) is 0 Å². The lowest BCUT2D eigenvalue weighted by Crippen LogP contribution is -2.28. The van der Waals surface area contributed by atoms with Crippen molar-refractivity contribution in [2.24, 2.45) is 0 Å². The lowest BCUT2D eigenvalue weighted by molar-refractivity contribution is 0.456. The standard InChI is InChI=1S/C23H22ClFN6/c24-19-3-4-21(29-11-14-8-16(25)13-27-10-14)31-22(19)17-5-7-28-23-18(17)9-20(30-23)15-2-1-6-26-12-15/h3-5,7-10,13,15,26H,1-2,6,11-12H2,(H,28,30)(H,29,31). The fourth-order valence-electron chi connectivity index (χ4n) is 4.07. The van der Waals surface area contributed by atoms with Crippen LogP contribution in [-0.2, 0) is 6.54 Å². The van der Waals surface area contributed by atoms with E-state index in [4.69, 9.17) is 16.6 Å². The molecule has 158 valence electrons. The van der Waals surface area contributed by atoms with E-state index in [1.807, 2.05) is 18.2 Å². The maximum atomic E-state index is 13.4. The van der Waals surface area contributed by atoms with Gasteiger partial charge in [0.15, 0.2) is 0 Å². The second kappa shape index (κ2) is 8.61. The molecule has 1 fully saturated rings. The number of nitrogens with one attached hydrogen (secondary N) is 3. The van der Waals surface area contributed by atoms with Crippen molar-refractivity contribution in [3.05, 3.63) is 71.0 Å². The molecule has 1 saturated heterocycles. The maximum absolute atomic E-state index is 13.4. The van der Waals surface area contributed by atoms with Crippen molar-refractivity contribution >= 4 is 28.5 Å². The Kier molecular flexibility index (Phi) is 5.53. The Morgan fingerprint density at radius 3 is 2.97 bits per heavy atom. The first-order valence-corrected chi connectivity index (χ1v) is 10.7. The van der Waals surface area contributed by atoms with Crippen LogP contribution in [0, 0.1) is 5.82 Å². The molecular formula is C23H22ClFN6. The summed E-state index contributed by atoms with van der Waals surface area (Å²) >= 11 is 6.53. The van der Waals surface area contributed by atoms with E-state index < -0.39 is 0 Å². The van der Waals surface area contributed by atoms with Crippen LogP contribution in [0.4, 0.5) is 10.2 Å². The zero-order valence-electron chi connectivity index (χ0n) is 16.8. The predicted octanol–water partition coefficient (Wildman–Crippen LogP) is 4.89. The number of aromatic nitrogens is 4. The van der Waals surface area contributed by atoms with Crippen LogP contribution in [0.15, 0.2) is 48.9 Å². The number of fused-ring (bicyclic) bond motifs is 1. The zero-order valence-corrected chi connectivity index (χ0v) is 17.6. The number of aromatic amines is 1. The molecule has 31 heavy (non-hydrogen) atoms. The molecule has 3 N–H and O–H groups in total. The van der Waals surface area contributed by atoms with Gasteiger partial charge in [-0.25, -0.2) is 14.4 Å². The van der Waals surface area contributed by atoms with Crippen LogP contribution >= 0.6 is 11.6 Å². The largest absolute Gasteiger partial charge is 0.366 e. The molecule has 4 aromatic heterocycles. The van der Waals surface area contributed by atoms with Crippen LogP contribution in [0.2, 0.25) is 5.02 Å². The van der Waals surface area contributed by atoms with Gasteiger partial charge in [-0.2, -0.15) is 0 Å². The summed E-state index contributed by atoms with van der Waals surface area (Å²) in [4.78, 5) is 16.6. The molecular weight excluding hydrogens is 415 g/mol. The fourth-order valence-corrected chi connectivity index (χ4v) is 4.27. The Morgan fingerprint density at radius 2 is 2.13 bits per heavy atom. The number of H-pyrrole nitrogens is 1. The van der Waals surface area contributed by atoms with Crippen LogP contribution in [0.25, 0.3) is 22.3 Å². The van der Waals surface area contributed by atoms with Gasteiger partial charge in [-0.1, -0.05) is 11.6 Å². The molecule has 6 nitrogen and oxygen atoms in total. The van der Waals surface area contributed by atoms with Crippen molar-refractivity contribution in [3.63, 3.8) is 0 Å². The summed E-state index contributed by atoms with van der Waals surface area (Å²) in [5, 5.41) is 8.25. The van der Waals surface area contributed by atoms with Gasteiger partial charge < -0.3 is 15.6 Å². The van der Waals surface area contributed by atoms with Gasteiger partial charge in [0.1, 0.15) is 17.3 Å². The molecule has 0 amide bonds. The summed E-state index contributed by atoms with van der Waals surface area (Å²) < 4.78 is 13.4. The normalized spacial score (nSPS) is 16.5. The van der Waals surface area contributed by atoms with Crippen molar-refractivity contribution < 1.29 is 4.39 Å². The number of hydrogen-bond acceptors (Lipinski definition) is 5. The number of halogens is 2. The molecule has 5 rings (SSSR count). The van der Waals surface area contributed by atoms with E-state index in [0.29, 0.717) is 29.0 Å². The van der Waals surface area contributed by atoms with Gasteiger partial charge in [-0.15, -0.1) is 0 Å². The number of hydrogen-bond donors (Lipinski definition) is 3. The average molecular weight is 437 g/mol. The Balaban J connectivity index is 1.46. The topological polar surface area (TPSA) is 78.5 Å². The monoisotopic (exact) mass is 436 g/mol. The van der Waals surface area contributed by atoms with Crippen molar-refractivity contribution in [2.75, 3.05) is 18.4 Å². The number of anilines is 1. The van der Waals surface area contributed by atoms with E-state index in [2.05, 4.69) is 31.7 Å². The van der Waals surface area contributed by atoms with Gasteiger partial charge in [-0.05, 0) is 55.3 Å². The molecule has 0 bridgehead atoms. The van der Waals surface area contributed by atoms with Gasteiger partial charge in [0.2, 0.25) is 0 Å². The minimum Gasteiger partial charge on any atom is -0.366 e. The highest BCUT2D eigenvalue weighted by molar-refractivity contribution is 6.33. The zero-order chi connectivity index (χ0) is 21.2. The molecule has 0 saturated carbocycles. The summed E-state index contributed by atoms with van der Waals surface area (Å²) in [5.74, 6) is 0.743. The van der Waals surface area contributed by atoms with E-state index in [1.165, 1.54) is 24.4 Å². The molecule has 4 aromatic rings. The van der Waals surface area contributed by atoms with Gasteiger partial charge >= 0.3 is 0 Å². The third-order valence-electron chi connectivity index (χ3n) is 5.63. The molecule has 0 aliphatic carbocycles. The van der Waals surface area contributed by atoms with Crippen LogP contribution in [-0.4, -0.2) is 33.0 Å². The fraction of sp³-hybridized carbons (Fsp3) is 0.261. The van der Waals surface area contributed by atoms with E-state index in [1.54, 1.807) is 12.4 Å². The summed E-state index contributed by atoms with van der Waals surface area (Å²) in [6.45, 7) is 2.45. The quantitative estimate of drug-likeness (QED) is 0.415. The van der Waals surface area contributed by atoms with Gasteiger partial charge in [0.25, 0.3) is 0 Å². The minimum absolute atomic E-state index is 0.361. The molecule has 1 atom stereocenters. The summed E-state index contributed by atoms with van der Waals surface area (Å²) in [5.41, 5.74) is 4.37. The molecule has 5 heterocycles. The van der Waals surface area contributed by atoms with Crippen molar-refractivity contribution in [1.82, 2.24) is 25.3 Å². The molecule has 1 unspecified atom stereocenters. The summed E-state index contributed by atoms with van der Waals surface area (Å²) in [7, 11) is 0. The molecule has 8 heteroatoms. The van der Waals surface area contributed by atoms with E-state index in [0.717, 1.165) is 41.7 Å². The van der Waals surface area contributed by atoms with E-state index >= 15 is 0 Å². The average Bonchev–Trinajstić information content (AvgIpc) is 3.24. The summed E-state index contributed by atoms with van der Waals surface area (Å²) in [6.07, 6.45) is 6.91. The second-order valence-corrected chi connectivity index (χ2v) is 8.19. The first-order valence-electron chi connectivity index (χ1n) is 10.4. The Morgan fingerprint density at radius 1 is 1.19 bits per heavy atom. The molecule has 0 aromatic carbocycles. The number of pyridine rings is 3. The van der Waals surface area contributed by atoms with Crippen LogP contribution in [0.3, 0.4) is 0 Å². The van der Waals surface area contributed by atoms with Crippen LogP contribution < -0.4 is 10.6 Å². The SMILES string of the molecule is Fc1cncc(CNc2ccc(Cl)c(-c3ccnc4[nH]c(C5CCCNC5)cc34)n2)c1. The maximum Gasteiger partial charge on any atom is 0.141 e. The lowest BCUT2D eigenvalue weighted by Gasteiger charge is -2.21. The Bertz CT molecular complexity index is 1220. The predicted molar refractivity (Wildman–Crippen MR) is 121 cm³/mol. The first kappa shape index (κ1) is 19.9. The smallest absolute Gasteiger partial charge is 0.141 e. The second-order valence-electron chi connectivity index (χ2n) is 7.78. The highest BCUT2D eigenvalue weighted by atomic mass is 35.5. The Hall–Kier alpha value is -3.03. The third-order valence-corrected chi connectivity index (χ3v) is 5.93. The molecule has 1 aliphatic heterocycles. The van der Waals surface area contributed by atoms with Crippen molar-refractivity contribution in [3.8, 4) is 11.3 Å². The van der Waals surface area contributed by atoms with E-state index in [9.17, 15) is 4.39 Å². The minimum atomic E-state index is -0.361. The highest BCUT2D eigenvalue weighted by Gasteiger charge is 2.19. The van der Waals surface area contributed by atoms with E-state index in [-0.39, 0.29) is 5.82 Å².